The Morgan fingerprint density at radius 1 is 1.19 bits per heavy atom. The first-order chi connectivity index (χ1) is 9.35. The van der Waals surface area contributed by atoms with Crippen molar-refractivity contribution in [3.05, 3.63) is 62.5 Å². The van der Waals surface area contributed by atoms with Crippen molar-refractivity contribution in [1.82, 2.24) is 0 Å². The molecule has 0 saturated heterocycles. The molecule has 21 heavy (non-hydrogen) atoms. The predicted molar refractivity (Wildman–Crippen MR) is 96.7 cm³/mol. The van der Waals surface area contributed by atoms with Crippen LogP contribution in [0.25, 0.3) is 6.08 Å². The van der Waals surface area contributed by atoms with Gasteiger partial charge in [-0.25, -0.2) is 0 Å². The molecule has 112 valence electrons. The molecule has 0 heterocycles. The van der Waals surface area contributed by atoms with E-state index in [1.807, 2.05) is 6.88 Å². The van der Waals surface area contributed by atoms with Gasteiger partial charge in [-0.15, -0.1) is 0 Å². The van der Waals surface area contributed by atoms with Crippen molar-refractivity contribution in [2.75, 3.05) is 0 Å². The zero-order valence-corrected chi connectivity index (χ0v) is 18.3. The Hall–Kier alpha value is 0.120. The second-order valence-corrected chi connectivity index (χ2v) is 75.4. The first kappa shape index (κ1) is 16.0. The van der Waals surface area contributed by atoms with Crippen LogP contribution in [0.15, 0.2) is 51.3 Å². The van der Waals surface area contributed by atoms with Crippen LogP contribution in [0.4, 0.5) is 0 Å². The molecule has 0 aliphatic heterocycles. The van der Waals surface area contributed by atoms with Crippen molar-refractivity contribution in [2.45, 2.75) is 26.2 Å². The van der Waals surface area contributed by atoms with Crippen molar-refractivity contribution in [3.8, 4) is 0 Å². The average molecular weight is 417 g/mol. The molecule has 0 bridgehead atoms. The van der Waals surface area contributed by atoms with Gasteiger partial charge in [-0.3, -0.25) is 0 Å². The van der Waals surface area contributed by atoms with Crippen molar-refractivity contribution in [1.29, 1.82) is 0 Å². The summed E-state index contributed by atoms with van der Waals surface area (Å²) in [6.45, 7) is 4.07. The molecule has 1 aromatic rings. The van der Waals surface area contributed by atoms with Crippen LogP contribution in [0.2, 0.25) is 9.26 Å². The normalized spacial score (nSPS) is 26.1. The average Bonchev–Trinajstić information content (AvgIpc) is 2.93. The van der Waals surface area contributed by atoms with Crippen LogP contribution in [0, 0.1) is 0 Å². The molecular formula is C17H22Cl2SiZr. The summed E-state index contributed by atoms with van der Waals surface area (Å²) < 4.78 is 5.71. The summed E-state index contributed by atoms with van der Waals surface area (Å²) in [4.78, 5) is 0. The third kappa shape index (κ3) is 2.26. The van der Waals surface area contributed by atoms with E-state index in [1.165, 1.54) is 20.0 Å². The van der Waals surface area contributed by atoms with Gasteiger partial charge in [0.25, 0.3) is 0 Å². The zero-order chi connectivity index (χ0) is 15.6. The van der Waals surface area contributed by atoms with Gasteiger partial charge in [-0.2, -0.15) is 0 Å². The van der Waals surface area contributed by atoms with Gasteiger partial charge < -0.3 is 0 Å². The SMILES string of the molecule is CC1=Cc2ccccc2[CH]1[Zr]([CH3])([CH3])(=[SiH2])([Cl])([Cl])[C]1=CC=CC1. The topological polar surface area (TPSA) is 0 Å². The van der Waals surface area contributed by atoms with Crippen molar-refractivity contribution in [2.24, 2.45) is 0 Å². The van der Waals surface area contributed by atoms with Gasteiger partial charge in [-0.1, -0.05) is 0 Å². The number of halogens is 2. The minimum absolute atomic E-state index is 0.103. The molecule has 2 aliphatic carbocycles. The molecule has 0 radical (unpaired) electrons. The summed E-state index contributed by atoms with van der Waals surface area (Å²) in [7, 11) is 15.3. The zero-order valence-electron chi connectivity index (χ0n) is 12.9. The van der Waals surface area contributed by atoms with Gasteiger partial charge >= 0.3 is 131 Å². The Balaban J connectivity index is 2.38. The molecule has 3 rings (SSSR count). The molecule has 0 fully saturated rings. The van der Waals surface area contributed by atoms with Crippen LogP contribution >= 0.6 is 17.0 Å². The van der Waals surface area contributed by atoms with E-state index in [1.54, 1.807) is 0 Å². The Bertz CT molecular complexity index is 860. The van der Waals surface area contributed by atoms with Gasteiger partial charge in [0.2, 0.25) is 0 Å². The Labute approximate surface area is 129 Å². The number of allylic oxidation sites excluding steroid dienone is 5. The fourth-order valence-electron chi connectivity index (χ4n) is 4.38. The molecule has 0 nitrogen and oxygen atoms in total. The third-order valence-corrected chi connectivity index (χ3v) is 30.7. The molecule has 0 spiro atoms. The summed E-state index contributed by atoms with van der Waals surface area (Å²) >= 11 is -5.12. The van der Waals surface area contributed by atoms with Gasteiger partial charge in [0, 0.05) is 0 Å². The van der Waals surface area contributed by atoms with Crippen molar-refractivity contribution >= 4 is 30.0 Å². The van der Waals surface area contributed by atoms with Gasteiger partial charge in [0.05, 0.1) is 0 Å². The Morgan fingerprint density at radius 3 is 2.48 bits per heavy atom. The summed E-state index contributed by atoms with van der Waals surface area (Å²) in [6.07, 6.45) is 9.53. The van der Waals surface area contributed by atoms with E-state index >= 15 is 0 Å². The molecule has 2 aliphatic rings. The Kier molecular flexibility index (Phi) is 2.75. The van der Waals surface area contributed by atoms with E-state index in [0.29, 0.717) is 0 Å². The summed E-state index contributed by atoms with van der Waals surface area (Å²) in [5.74, 6) is 0. The second-order valence-electron chi connectivity index (χ2n) is 8.59. The molecule has 0 saturated carbocycles. The Morgan fingerprint density at radius 2 is 1.86 bits per heavy atom. The standard InChI is InChI=1S/C10H9.C5H5.2CH3.2ClH.H2Si.Zr/c1-8-6-9-4-2-3-5-10(9)7-8;1-2-4-5-3-1;;;;;;/h2-7H,1H3;1-3H,4H2;2*1H3;2*1H;1H2;/q;;;;;;;+2/p-2. The first-order valence-corrected chi connectivity index (χ1v) is 27.3. The summed E-state index contributed by atoms with van der Waals surface area (Å²) in [5.41, 5.74) is 3.84. The van der Waals surface area contributed by atoms with E-state index in [2.05, 4.69) is 64.8 Å². The van der Waals surface area contributed by atoms with Crippen LogP contribution in [-0.2, 0) is 12.0 Å². The number of hydrogen-bond donors (Lipinski definition) is 0. The van der Waals surface area contributed by atoms with E-state index in [-0.39, 0.29) is 3.63 Å². The van der Waals surface area contributed by atoms with Crippen LogP contribution < -0.4 is 0 Å². The molecule has 1 unspecified atom stereocenters. The molecule has 0 amide bonds. The van der Waals surface area contributed by atoms with Gasteiger partial charge in [0.1, 0.15) is 0 Å². The monoisotopic (exact) mass is 414 g/mol. The quantitative estimate of drug-likeness (QED) is 0.543. The number of rotatable bonds is 2. The van der Waals surface area contributed by atoms with E-state index in [9.17, 15) is 0 Å². The van der Waals surface area contributed by atoms with Crippen molar-refractivity contribution < 1.29 is 12.0 Å². The maximum absolute atomic E-state index is 7.66. The van der Waals surface area contributed by atoms with Crippen LogP contribution in [-0.4, -0.2) is 6.88 Å². The predicted octanol–water partition coefficient (Wildman–Crippen LogP) is 5.70. The fourth-order valence-corrected chi connectivity index (χ4v) is 27.7. The molecule has 1 atom stereocenters. The second kappa shape index (κ2) is 3.61. The van der Waals surface area contributed by atoms with E-state index < -0.39 is 12.0 Å². The molecule has 0 N–H and O–H groups in total. The molecule has 4 heteroatoms. The first-order valence-electron chi connectivity index (χ1n) is 7.47. The molecular weight excluding hydrogens is 394 g/mol. The third-order valence-electron chi connectivity index (χ3n) is 5.36. The van der Waals surface area contributed by atoms with Gasteiger partial charge in [-0.05, 0) is 0 Å². The fraction of sp³-hybridized carbons (Fsp3) is 0.294. The van der Waals surface area contributed by atoms with Crippen LogP contribution in [0.1, 0.15) is 28.1 Å². The maximum atomic E-state index is 7.66. The van der Waals surface area contributed by atoms with E-state index in [0.717, 1.165) is 6.42 Å². The van der Waals surface area contributed by atoms with E-state index in [4.69, 9.17) is 17.0 Å². The van der Waals surface area contributed by atoms with Crippen LogP contribution in [0.3, 0.4) is 0 Å². The number of fused-ring (bicyclic) bond motifs is 1. The molecule has 1 aromatic carbocycles. The summed E-state index contributed by atoms with van der Waals surface area (Å²) in [5, 5.41) is 0. The molecule has 0 aromatic heterocycles. The number of hydrogen-bond acceptors (Lipinski definition) is 0. The summed E-state index contributed by atoms with van der Waals surface area (Å²) in [6, 6.07) is 8.51. The van der Waals surface area contributed by atoms with Crippen LogP contribution in [0.5, 0.6) is 0 Å². The van der Waals surface area contributed by atoms with Crippen molar-refractivity contribution in [3.63, 3.8) is 0 Å². The van der Waals surface area contributed by atoms with Gasteiger partial charge in [0.15, 0.2) is 0 Å². The number of benzene rings is 1. The minimum atomic E-state index is -5.12.